The molecular formula is C11H15N7O3. The van der Waals surface area contributed by atoms with Crippen LogP contribution in [0.3, 0.4) is 0 Å². The Morgan fingerprint density at radius 3 is 2.67 bits per heavy atom. The maximum atomic E-state index is 12.2. The number of aromatic nitrogens is 4. The normalized spacial score (nSPS) is 13.9. The van der Waals surface area contributed by atoms with Crippen LogP contribution in [0.5, 0.6) is 0 Å². The largest absolute Gasteiger partial charge is 0.391 e. The second-order valence-electron chi connectivity index (χ2n) is 4.50. The Bertz CT molecular complexity index is 696. The zero-order valence-electron chi connectivity index (χ0n) is 11.4. The van der Waals surface area contributed by atoms with Crippen LogP contribution in [0.1, 0.15) is 17.5 Å². The third kappa shape index (κ3) is 2.66. The Balaban J connectivity index is 2.51. The molecule has 0 radical (unpaired) electrons. The van der Waals surface area contributed by atoms with Crippen molar-refractivity contribution < 1.29 is 14.7 Å². The van der Waals surface area contributed by atoms with Gasteiger partial charge in [-0.1, -0.05) is 0 Å². The van der Waals surface area contributed by atoms with E-state index in [0.717, 1.165) is 4.90 Å². The van der Waals surface area contributed by atoms with Crippen molar-refractivity contribution in [1.29, 1.82) is 0 Å². The summed E-state index contributed by atoms with van der Waals surface area (Å²) in [6.45, 7) is 1.40. The van der Waals surface area contributed by atoms with Gasteiger partial charge in [0.2, 0.25) is 11.7 Å². The predicted octanol–water partition coefficient (Wildman–Crippen LogP) is -1.88. The second-order valence-corrected chi connectivity index (χ2v) is 4.50. The molecule has 0 saturated carbocycles. The first-order valence-electron chi connectivity index (χ1n) is 6.05. The number of nitrogens with one attached hydrogen (secondary N) is 1. The Morgan fingerprint density at radius 1 is 1.43 bits per heavy atom. The van der Waals surface area contributed by atoms with Gasteiger partial charge in [-0.3, -0.25) is 14.5 Å². The summed E-state index contributed by atoms with van der Waals surface area (Å²) in [5.74, 6) is -1.58. The number of fused-ring (bicyclic) bond motifs is 1. The third-order valence-corrected chi connectivity index (χ3v) is 2.94. The van der Waals surface area contributed by atoms with Crippen molar-refractivity contribution in [3.05, 3.63) is 12.2 Å². The molecule has 2 aromatic heterocycles. The standard InChI is InChI=1S/C11H15N7O3/c1-4(19)5(12)11(21)18(2)10-6-8(15-3-14-6)16-9(17-10)7(13)20/h3-5,19H,12H2,1-2H3,(H2,13,20)(H,14,15,16,17)/t4-,5+/m1/s1. The minimum atomic E-state index is -1.13. The summed E-state index contributed by atoms with van der Waals surface area (Å²) >= 11 is 0. The minimum absolute atomic E-state index is 0.104. The molecule has 10 nitrogen and oxygen atoms in total. The lowest BCUT2D eigenvalue weighted by atomic mass is 10.2. The number of nitrogens with zero attached hydrogens (tertiary/aromatic N) is 4. The number of aliphatic hydroxyl groups excluding tert-OH is 1. The first-order chi connectivity index (χ1) is 9.82. The maximum absolute atomic E-state index is 12.2. The summed E-state index contributed by atoms with van der Waals surface area (Å²) in [5, 5.41) is 9.40. The zero-order chi connectivity index (χ0) is 15.7. The molecule has 2 rings (SSSR count). The van der Waals surface area contributed by atoms with Crippen molar-refractivity contribution in [2.45, 2.75) is 19.1 Å². The lowest BCUT2D eigenvalue weighted by Crippen LogP contribution is -2.48. The fourth-order valence-corrected chi connectivity index (χ4v) is 1.71. The summed E-state index contributed by atoms with van der Waals surface area (Å²) < 4.78 is 0. The molecule has 0 aliphatic carbocycles. The van der Waals surface area contributed by atoms with Crippen molar-refractivity contribution in [1.82, 2.24) is 19.9 Å². The first-order valence-corrected chi connectivity index (χ1v) is 6.05. The van der Waals surface area contributed by atoms with Crippen LogP contribution in [0.15, 0.2) is 6.33 Å². The number of imidazole rings is 1. The number of hydrogen-bond donors (Lipinski definition) is 4. The number of rotatable bonds is 4. The van der Waals surface area contributed by atoms with Crippen molar-refractivity contribution in [2.24, 2.45) is 11.5 Å². The summed E-state index contributed by atoms with van der Waals surface area (Å²) in [5.41, 5.74) is 11.3. The number of carbonyl (C=O) groups is 2. The summed E-state index contributed by atoms with van der Waals surface area (Å²) in [6.07, 6.45) is 0.315. The molecule has 10 heteroatoms. The summed E-state index contributed by atoms with van der Waals surface area (Å²) in [7, 11) is 1.41. The number of amides is 2. The van der Waals surface area contributed by atoms with E-state index in [-0.39, 0.29) is 17.3 Å². The third-order valence-electron chi connectivity index (χ3n) is 2.94. The minimum Gasteiger partial charge on any atom is -0.391 e. The molecule has 112 valence electrons. The highest BCUT2D eigenvalue weighted by Gasteiger charge is 2.26. The van der Waals surface area contributed by atoms with Gasteiger partial charge in [0.25, 0.3) is 5.91 Å². The van der Waals surface area contributed by atoms with E-state index in [1.165, 1.54) is 20.3 Å². The SMILES string of the molecule is C[C@@H](O)[C@H](N)C(=O)N(C)c1nc(C(N)=O)nc2nc[nH]c12. The highest BCUT2D eigenvalue weighted by atomic mass is 16.3. The van der Waals surface area contributed by atoms with Crippen LogP contribution in [0.4, 0.5) is 5.82 Å². The zero-order valence-corrected chi connectivity index (χ0v) is 11.4. The molecule has 0 spiro atoms. The lowest BCUT2D eigenvalue weighted by molar-refractivity contribution is -0.121. The number of primary amides is 1. The van der Waals surface area contributed by atoms with E-state index in [4.69, 9.17) is 11.5 Å². The Kier molecular flexibility index (Phi) is 3.82. The molecule has 0 saturated heterocycles. The Morgan fingerprint density at radius 2 is 2.10 bits per heavy atom. The molecule has 0 aliphatic rings. The van der Waals surface area contributed by atoms with Gasteiger partial charge < -0.3 is 21.6 Å². The van der Waals surface area contributed by atoms with Gasteiger partial charge in [0.15, 0.2) is 11.5 Å². The first kappa shape index (κ1) is 14.8. The molecule has 0 aliphatic heterocycles. The number of H-pyrrole nitrogens is 1. The number of likely N-dealkylation sites (N-methyl/N-ethyl adjacent to an activating group) is 1. The molecule has 0 aromatic carbocycles. The second kappa shape index (κ2) is 5.42. The molecule has 2 aromatic rings. The lowest BCUT2D eigenvalue weighted by Gasteiger charge is -2.22. The Hall–Kier alpha value is -2.59. The molecular weight excluding hydrogens is 278 g/mol. The fourth-order valence-electron chi connectivity index (χ4n) is 1.71. The highest BCUT2D eigenvalue weighted by Crippen LogP contribution is 2.20. The van der Waals surface area contributed by atoms with E-state index in [1.54, 1.807) is 0 Å². The van der Waals surface area contributed by atoms with Crippen molar-refractivity contribution >= 4 is 28.8 Å². The van der Waals surface area contributed by atoms with Crippen molar-refractivity contribution in [3.63, 3.8) is 0 Å². The monoisotopic (exact) mass is 293 g/mol. The van der Waals surface area contributed by atoms with Crippen molar-refractivity contribution in [2.75, 3.05) is 11.9 Å². The number of aromatic amines is 1. The van der Waals surface area contributed by atoms with Crippen LogP contribution in [0.2, 0.25) is 0 Å². The van der Waals surface area contributed by atoms with E-state index in [9.17, 15) is 14.7 Å². The smallest absolute Gasteiger partial charge is 0.286 e. The molecule has 2 atom stereocenters. The van der Waals surface area contributed by atoms with Crippen LogP contribution < -0.4 is 16.4 Å². The molecule has 2 heterocycles. The number of aliphatic hydroxyl groups is 1. The topological polar surface area (TPSA) is 164 Å². The maximum Gasteiger partial charge on any atom is 0.286 e. The van der Waals surface area contributed by atoms with Crippen LogP contribution in [-0.2, 0) is 4.79 Å². The number of carbonyl (C=O) groups excluding carboxylic acids is 2. The summed E-state index contributed by atoms with van der Waals surface area (Å²) in [6, 6.07) is -1.13. The highest BCUT2D eigenvalue weighted by molar-refractivity contribution is 6.02. The van der Waals surface area contributed by atoms with E-state index in [2.05, 4.69) is 19.9 Å². The van der Waals surface area contributed by atoms with E-state index >= 15 is 0 Å². The average Bonchev–Trinajstić information content (AvgIpc) is 2.91. The van der Waals surface area contributed by atoms with Gasteiger partial charge in [-0.15, -0.1) is 0 Å². The predicted molar refractivity (Wildman–Crippen MR) is 73.3 cm³/mol. The summed E-state index contributed by atoms with van der Waals surface area (Å²) in [4.78, 5) is 39.0. The average molecular weight is 293 g/mol. The van der Waals surface area contributed by atoms with Crippen molar-refractivity contribution in [3.8, 4) is 0 Å². The molecule has 6 N–H and O–H groups in total. The number of anilines is 1. The molecule has 0 bridgehead atoms. The van der Waals surface area contributed by atoms with E-state index in [0.29, 0.717) is 5.52 Å². The number of hydrogen-bond acceptors (Lipinski definition) is 7. The van der Waals surface area contributed by atoms with Crippen LogP contribution in [0, 0.1) is 0 Å². The molecule has 21 heavy (non-hydrogen) atoms. The van der Waals surface area contributed by atoms with Crippen LogP contribution >= 0.6 is 0 Å². The van der Waals surface area contributed by atoms with Crippen LogP contribution in [-0.4, -0.2) is 56.1 Å². The van der Waals surface area contributed by atoms with Gasteiger partial charge >= 0.3 is 0 Å². The van der Waals surface area contributed by atoms with E-state index in [1.807, 2.05) is 0 Å². The fraction of sp³-hybridized carbons (Fsp3) is 0.364. The van der Waals surface area contributed by atoms with Gasteiger partial charge in [0.1, 0.15) is 11.6 Å². The quantitative estimate of drug-likeness (QED) is 0.512. The van der Waals surface area contributed by atoms with Gasteiger partial charge in [0, 0.05) is 7.05 Å². The molecule has 0 fully saturated rings. The Labute approximate surface area is 119 Å². The van der Waals surface area contributed by atoms with Gasteiger partial charge in [-0.2, -0.15) is 0 Å². The number of nitrogens with two attached hydrogens (primary N) is 2. The van der Waals surface area contributed by atoms with Gasteiger partial charge in [-0.25, -0.2) is 15.0 Å². The molecule has 2 amide bonds. The van der Waals surface area contributed by atoms with Gasteiger partial charge in [-0.05, 0) is 6.92 Å². The van der Waals surface area contributed by atoms with Crippen LogP contribution in [0.25, 0.3) is 11.2 Å². The molecule has 0 unspecified atom stereocenters. The van der Waals surface area contributed by atoms with Gasteiger partial charge in [0.05, 0.1) is 12.4 Å². The van der Waals surface area contributed by atoms with E-state index < -0.39 is 24.0 Å².